The molecule has 1 saturated heterocycles. The zero-order valence-electron chi connectivity index (χ0n) is 21.8. The Labute approximate surface area is 233 Å². The Morgan fingerprint density at radius 1 is 0.923 bits per heavy atom. The monoisotopic (exact) mass is 545 g/mol. The molecule has 1 aromatic heterocycles. The molecule has 0 bridgehead atoms. The highest BCUT2D eigenvalue weighted by atomic mass is 35.5. The van der Waals surface area contributed by atoms with Crippen LogP contribution in [0.5, 0.6) is 0 Å². The number of pyridine rings is 1. The fourth-order valence-electron chi connectivity index (χ4n) is 4.38. The minimum Gasteiger partial charge on any atom is -0.368 e. The molecule has 0 aliphatic carbocycles. The number of nitrogens with zero attached hydrogens (tertiary/aromatic N) is 3. The van der Waals surface area contributed by atoms with E-state index >= 15 is 0 Å². The van der Waals surface area contributed by atoms with Gasteiger partial charge in [0.05, 0.1) is 0 Å². The SMILES string of the molecule is C[C@H](NC(=O)[C@H](Cc1ccccn1)NC(=O)/C=C/c1ccc(Cl)cc1)C(=O)N1CCN(c2ccccc2)CC1. The molecule has 3 aromatic rings. The Morgan fingerprint density at radius 3 is 2.28 bits per heavy atom. The van der Waals surface area contributed by atoms with Gasteiger partial charge in [-0.3, -0.25) is 19.4 Å². The molecule has 2 atom stereocenters. The highest BCUT2D eigenvalue weighted by Crippen LogP contribution is 2.16. The van der Waals surface area contributed by atoms with Crippen LogP contribution in [0.3, 0.4) is 0 Å². The van der Waals surface area contributed by atoms with Crippen LogP contribution in [0.15, 0.2) is 85.1 Å². The van der Waals surface area contributed by atoms with Crippen molar-refractivity contribution in [3.8, 4) is 0 Å². The van der Waals surface area contributed by atoms with Gasteiger partial charge in [-0.25, -0.2) is 0 Å². The molecule has 2 N–H and O–H groups in total. The number of piperazine rings is 1. The Kier molecular flexibility index (Phi) is 9.69. The van der Waals surface area contributed by atoms with E-state index in [2.05, 4.69) is 32.7 Å². The average Bonchev–Trinajstić information content (AvgIpc) is 2.97. The van der Waals surface area contributed by atoms with Crippen LogP contribution in [-0.4, -0.2) is 65.9 Å². The zero-order valence-corrected chi connectivity index (χ0v) is 22.6. The van der Waals surface area contributed by atoms with Gasteiger partial charge in [0.15, 0.2) is 0 Å². The summed E-state index contributed by atoms with van der Waals surface area (Å²) in [5.41, 5.74) is 2.58. The number of carbonyl (C=O) groups excluding carboxylic acids is 3. The second-order valence-electron chi connectivity index (χ2n) is 9.35. The van der Waals surface area contributed by atoms with Crippen molar-refractivity contribution >= 4 is 41.1 Å². The number of anilines is 1. The van der Waals surface area contributed by atoms with E-state index in [1.165, 1.54) is 6.08 Å². The molecule has 39 heavy (non-hydrogen) atoms. The third-order valence-corrected chi connectivity index (χ3v) is 6.76. The van der Waals surface area contributed by atoms with E-state index in [0.717, 1.165) is 11.3 Å². The van der Waals surface area contributed by atoms with Crippen molar-refractivity contribution in [1.82, 2.24) is 20.5 Å². The molecule has 9 heteroatoms. The number of hydrogen-bond acceptors (Lipinski definition) is 5. The first-order valence-corrected chi connectivity index (χ1v) is 13.3. The summed E-state index contributed by atoms with van der Waals surface area (Å²) in [6.45, 7) is 4.24. The Balaban J connectivity index is 1.36. The minimum atomic E-state index is -0.910. The van der Waals surface area contributed by atoms with Crippen molar-refractivity contribution in [1.29, 1.82) is 0 Å². The van der Waals surface area contributed by atoms with Gasteiger partial charge in [0, 0.05) is 61.3 Å². The molecule has 2 heterocycles. The fourth-order valence-corrected chi connectivity index (χ4v) is 4.50. The quantitative estimate of drug-likeness (QED) is 0.402. The largest absolute Gasteiger partial charge is 0.368 e. The molecule has 3 amide bonds. The van der Waals surface area contributed by atoms with Crippen molar-refractivity contribution in [2.45, 2.75) is 25.4 Å². The number of amides is 3. The molecular formula is C30H32ClN5O3. The van der Waals surface area contributed by atoms with Gasteiger partial charge in [0.2, 0.25) is 17.7 Å². The van der Waals surface area contributed by atoms with Crippen molar-refractivity contribution in [3.63, 3.8) is 0 Å². The van der Waals surface area contributed by atoms with Gasteiger partial charge in [-0.1, -0.05) is 48.0 Å². The molecule has 202 valence electrons. The second-order valence-corrected chi connectivity index (χ2v) is 9.79. The number of rotatable bonds is 9. The lowest BCUT2D eigenvalue weighted by Crippen LogP contribution is -2.57. The maximum Gasteiger partial charge on any atom is 0.244 e. The number of benzene rings is 2. The molecule has 2 aromatic carbocycles. The van der Waals surface area contributed by atoms with Crippen molar-refractivity contribution in [3.05, 3.63) is 101 Å². The highest BCUT2D eigenvalue weighted by Gasteiger charge is 2.29. The molecule has 4 rings (SSSR count). The number of nitrogens with one attached hydrogen (secondary N) is 2. The van der Waals surface area contributed by atoms with Gasteiger partial charge >= 0.3 is 0 Å². The predicted octanol–water partition coefficient (Wildman–Crippen LogP) is 3.33. The van der Waals surface area contributed by atoms with Gasteiger partial charge < -0.3 is 20.4 Å². The van der Waals surface area contributed by atoms with E-state index < -0.39 is 23.9 Å². The van der Waals surface area contributed by atoms with E-state index in [1.54, 1.807) is 60.5 Å². The number of hydrogen-bond donors (Lipinski definition) is 2. The lowest BCUT2D eigenvalue weighted by atomic mass is 10.1. The van der Waals surface area contributed by atoms with Gasteiger partial charge in [0.1, 0.15) is 12.1 Å². The first-order chi connectivity index (χ1) is 18.9. The zero-order chi connectivity index (χ0) is 27.6. The average molecular weight is 546 g/mol. The number of carbonyl (C=O) groups is 3. The molecule has 0 unspecified atom stereocenters. The number of para-hydroxylation sites is 1. The summed E-state index contributed by atoms with van der Waals surface area (Å²) in [6.07, 6.45) is 4.82. The molecular weight excluding hydrogens is 514 g/mol. The Bertz CT molecular complexity index is 1280. The second kappa shape index (κ2) is 13.6. The first kappa shape index (κ1) is 27.9. The molecule has 1 aliphatic heterocycles. The molecule has 0 saturated carbocycles. The summed E-state index contributed by atoms with van der Waals surface area (Å²) in [5.74, 6) is -1.03. The summed E-state index contributed by atoms with van der Waals surface area (Å²) in [6, 6.07) is 20.9. The van der Waals surface area contributed by atoms with E-state index in [9.17, 15) is 14.4 Å². The van der Waals surface area contributed by atoms with Gasteiger partial charge in [-0.2, -0.15) is 0 Å². The highest BCUT2D eigenvalue weighted by molar-refractivity contribution is 6.30. The topological polar surface area (TPSA) is 94.6 Å². The fraction of sp³-hybridized carbons (Fsp3) is 0.267. The van der Waals surface area contributed by atoms with Crippen LogP contribution in [0.4, 0.5) is 5.69 Å². The van der Waals surface area contributed by atoms with Crippen LogP contribution >= 0.6 is 11.6 Å². The number of aromatic nitrogens is 1. The summed E-state index contributed by atoms with van der Waals surface area (Å²) >= 11 is 5.92. The maximum absolute atomic E-state index is 13.3. The van der Waals surface area contributed by atoms with Gasteiger partial charge in [-0.15, -0.1) is 0 Å². The third-order valence-electron chi connectivity index (χ3n) is 6.51. The van der Waals surface area contributed by atoms with Gasteiger partial charge in [0.25, 0.3) is 0 Å². The minimum absolute atomic E-state index is 0.151. The Hall–Kier alpha value is -4.17. The van der Waals surface area contributed by atoms with E-state index in [0.29, 0.717) is 36.9 Å². The van der Waals surface area contributed by atoms with Crippen LogP contribution < -0.4 is 15.5 Å². The van der Waals surface area contributed by atoms with Crippen molar-refractivity contribution in [2.24, 2.45) is 0 Å². The van der Waals surface area contributed by atoms with Crippen LogP contribution in [0.1, 0.15) is 18.2 Å². The standard InChI is InChI=1S/C30H32ClN5O3/c1-22(30(39)36-19-17-35(18-20-36)26-8-3-2-4-9-26)33-29(38)27(21-25-7-5-6-16-32-25)34-28(37)15-12-23-10-13-24(31)14-11-23/h2-16,22,27H,17-21H2,1H3,(H,33,38)(H,34,37)/b15-12+/t22-,27-/m0/s1. The smallest absolute Gasteiger partial charge is 0.244 e. The van der Waals surface area contributed by atoms with Crippen molar-refractivity contribution < 1.29 is 14.4 Å². The summed E-state index contributed by atoms with van der Waals surface area (Å²) in [4.78, 5) is 47.4. The molecule has 1 aliphatic rings. The predicted molar refractivity (Wildman–Crippen MR) is 153 cm³/mol. The lowest BCUT2D eigenvalue weighted by Gasteiger charge is -2.37. The molecule has 0 spiro atoms. The summed E-state index contributed by atoms with van der Waals surface area (Å²) in [7, 11) is 0. The van der Waals surface area contributed by atoms with E-state index in [1.807, 2.05) is 24.3 Å². The number of halogens is 1. The van der Waals surface area contributed by atoms with E-state index in [4.69, 9.17) is 11.6 Å². The van der Waals surface area contributed by atoms with Crippen molar-refractivity contribution in [2.75, 3.05) is 31.1 Å². The first-order valence-electron chi connectivity index (χ1n) is 12.9. The normalized spacial score (nSPS) is 15.0. The summed E-state index contributed by atoms with van der Waals surface area (Å²) < 4.78 is 0. The van der Waals surface area contributed by atoms with Gasteiger partial charge in [-0.05, 0) is 55.0 Å². The van der Waals surface area contributed by atoms with Crippen LogP contribution in [0, 0.1) is 0 Å². The maximum atomic E-state index is 13.3. The third kappa shape index (κ3) is 8.15. The van der Waals surface area contributed by atoms with E-state index in [-0.39, 0.29) is 12.3 Å². The lowest BCUT2D eigenvalue weighted by molar-refractivity contribution is -0.137. The van der Waals surface area contributed by atoms with Crippen LogP contribution in [0.2, 0.25) is 5.02 Å². The molecule has 0 radical (unpaired) electrons. The van der Waals surface area contributed by atoms with Crippen LogP contribution in [-0.2, 0) is 20.8 Å². The molecule has 8 nitrogen and oxygen atoms in total. The van der Waals surface area contributed by atoms with Crippen LogP contribution in [0.25, 0.3) is 6.08 Å². The Morgan fingerprint density at radius 2 is 1.62 bits per heavy atom. The molecule has 1 fully saturated rings. The summed E-state index contributed by atoms with van der Waals surface area (Å²) in [5, 5.41) is 6.16.